The second-order valence-corrected chi connectivity index (χ2v) is 2.66. The van der Waals surface area contributed by atoms with Crippen LogP contribution in [0.2, 0.25) is 0 Å². The van der Waals surface area contributed by atoms with Gasteiger partial charge in [-0.3, -0.25) is 4.99 Å². The summed E-state index contributed by atoms with van der Waals surface area (Å²) in [4.78, 5) is 3.75. The highest BCUT2D eigenvalue weighted by Crippen LogP contribution is 2.31. The summed E-state index contributed by atoms with van der Waals surface area (Å²) in [5.74, 6) is -0.911. The number of phenols is 3. The molecule has 0 atom stereocenters. The Bertz CT molecular complexity index is 349. The number of hydrogen-bond acceptors (Lipinski definition) is 5. The molecule has 0 fully saturated rings. The number of aromatic hydroxyl groups is 3. The number of nitrogens with zero attached hydrogens (tertiary/aromatic N) is 1. The minimum atomic E-state index is -0.407. The quantitative estimate of drug-likeness (QED) is 0.316. The Morgan fingerprint density at radius 1 is 1.21 bits per heavy atom. The van der Waals surface area contributed by atoms with E-state index in [1.807, 2.05) is 0 Å². The SMILES string of the molecule is OCC/N=C/c1cc(O)cc(O)c1O. The van der Waals surface area contributed by atoms with E-state index in [0.717, 1.165) is 6.07 Å². The van der Waals surface area contributed by atoms with Crippen LogP contribution in [0, 0.1) is 0 Å². The second kappa shape index (κ2) is 4.48. The van der Waals surface area contributed by atoms with Crippen molar-refractivity contribution in [3.05, 3.63) is 17.7 Å². The van der Waals surface area contributed by atoms with Crippen molar-refractivity contribution in [2.75, 3.05) is 13.2 Å². The van der Waals surface area contributed by atoms with Crippen LogP contribution in [0.4, 0.5) is 0 Å². The molecule has 0 aliphatic carbocycles. The van der Waals surface area contributed by atoms with Crippen molar-refractivity contribution in [1.29, 1.82) is 0 Å². The molecule has 5 heteroatoms. The third-order valence-electron chi connectivity index (χ3n) is 1.56. The largest absolute Gasteiger partial charge is 0.508 e. The van der Waals surface area contributed by atoms with Crippen LogP contribution in [0.1, 0.15) is 5.56 Å². The van der Waals surface area contributed by atoms with Gasteiger partial charge in [0.05, 0.1) is 13.2 Å². The Morgan fingerprint density at radius 2 is 1.93 bits per heavy atom. The molecule has 0 aliphatic heterocycles. The van der Waals surface area contributed by atoms with Gasteiger partial charge in [0.1, 0.15) is 5.75 Å². The molecule has 1 rings (SSSR count). The molecule has 0 radical (unpaired) electrons. The maximum absolute atomic E-state index is 9.31. The first-order valence-electron chi connectivity index (χ1n) is 4.00. The molecular weight excluding hydrogens is 186 g/mol. The van der Waals surface area contributed by atoms with Crippen molar-refractivity contribution in [1.82, 2.24) is 0 Å². The van der Waals surface area contributed by atoms with E-state index in [-0.39, 0.29) is 30.2 Å². The maximum atomic E-state index is 9.31. The molecular formula is C9H11NO4. The number of hydrogen-bond donors (Lipinski definition) is 4. The third kappa shape index (κ3) is 2.37. The fourth-order valence-corrected chi connectivity index (χ4v) is 0.945. The predicted octanol–water partition coefficient (Wildman–Crippen LogP) is 0.215. The molecule has 0 aliphatic rings. The standard InChI is InChI=1S/C9H11NO4/c11-2-1-10-5-6-3-7(12)4-8(13)9(6)14/h3-5,11-14H,1-2H2/b10-5+. The Hall–Kier alpha value is -1.75. The van der Waals surface area contributed by atoms with Crippen molar-refractivity contribution in [3.63, 3.8) is 0 Å². The zero-order chi connectivity index (χ0) is 10.6. The molecule has 14 heavy (non-hydrogen) atoms. The summed E-state index contributed by atoms with van der Waals surface area (Å²) >= 11 is 0. The van der Waals surface area contributed by atoms with Crippen LogP contribution in [0.15, 0.2) is 17.1 Å². The molecule has 0 bridgehead atoms. The van der Waals surface area contributed by atoms with Crippen molar-refractivity contribution >= 4 is 6.21 Å². The first-order valence-corrected chi connectivity index (χ1v) is 4.00. The molecule has 0 unspecified atom stereocenters. The van der Waals surface area contributed by atoms with Gasteiger partial charge in [0, 0.05) is 17.8 Å². The van der Waals surface area contributed by atoms with E-state index in [0.29, 0.717) is 0 Å². The predicted molar refractivity (Wildman–Crippen MR) is 51.0 cm³/mol. The first-order chi connectivity index (χ1) is 6.65. The molecule has 0 amide bonds. The highest BCUT2D eigenvalue weighted by molar-refractivity contribution is 5.85. The zero-order valence-electron chi connectivity index (χ0n) is 7.38. The first kappa shape index (κ1) is 10.3. The minimum Gasteiger partial charge on any atom is -0.508 e. The van der Waals surface area contributed by atoms with Gasteiger partial charge in [0.25, 0.3) is 0 Å². The lowest BCUT2D eigenvalue weighted by Gasteiger charge is -2.02. The zero-order valence-corrected chi connectivity index (χ0v) is 7.38. The lowest BCUT2D eigenvalue weighted by molar-refractivity contribution is 0.307. The van der Waals surface area contributed by atoms with Crippen molar-refractivity contribution in [3.8, 4) is 17.2 Å². The number of rotatable bonds is 3. The number of phenolic OH excluding ortho intramolecular Hbond substituents is 3. The molecule has 4 N–H and O–H groups in total. The fraction of sp³-hybridized carbons (Fsp3) is 0.222. The van der Waals surface area contributed by atoms with Gasteiger partial charge in [-0.2, -0.15) is 0 Å². The third-order valence-corrected chi connectivity index (χ3v) is 1.56. The normalized spacial score (nSPS) is 10.9. The molecule has 5 nitrogen and oxygen atoms in total. The molecule has 0 spiro atoms. The average molecular weight is 197 g/mol. The van der Waals surface area contributed by atoms with Crippen molar-refractivity contribution in [2.45, 2.75) is 0 Å². The maximum Gasteiger partial charge on any atom is 0.166 e. The van der Waals surface area contributed by atoms with E-state index in [4.69, 9.17) is 15.3 Å². The number of benzene rings is 1. The summed E-state index contributed by atoms with van der Waals surface area (Å²) in [6.45, 7) is 0.109. The molecule has 0 saturated heterocycles. The summed E-state index contributed by atoms with van der Waals surface area (Å²) in [7, 11) is 0. The smallest absolute Gasteiger partial charge is 0.166 e. The van der Waals surface area contributed by atoms with Crippen LogP contribution in [-0.2, 0) is 0 Å². The lowest BCUT2D eigenvalue weighted by atomic mass is 10.2. The average Bonchev–Trinajstić information content (AvgIpc) is 2.13. The Labute approximate surface area is 80.6 Å². The number of aliphatic hydroxyl groups excluding tert-OH is 1. The molecule has 76 valence electrons. The van der Waals surface area contributed by atoms with E-state index in [1.54, 1.807) is 0 Å². The summed E-state index contributed by atoms with van der Waals surface area (Å²) in [6, 6.07) is 2.29. The number of aliphatic imine (C=N–C) groups is 1. The van der Waals surface area contributed by atoms with Crippen LogP contribution >= 0.6 is 0 Å². The van der Waals surface area contributed by atoms with Gasteiger partial charge in [-0.05, 0) is 6.07 Å². The van der Waals surface area contributed by atoms with Gasteiger partial charge in [-0.1, -0.05) is 0 Å². The highest BCUT2D eigenvalue weighted by Gasteiger charge is 2.06. The molecule has 1 aromatic rings. The lowest BCUT2D eigenvalue weighted by Crippen LogP contribution is -1.89. The van der Waals surface area contributed by atoms with Crippen molar-refractivity contribution in [2.24, 2.45) is 4.99 Å². The molecule has 1 aromatic carbocycles. The van der Waals surface area contributed by atoms with Gasteiger partial charge < -0.3 is 20.4 Å². The summed E-state index contributed by atoms with van der Waals surface area (Å²) in [5.41, 5.74) is 0.205. The summed E-state index contributed by atoms with van der Waals surface area (Å²) in [5, 5.41) is 36.0. The Kier molecular flexibility index (Phi) is 3.30. The van der Waals surface area contributed by atoms with Gasteiger partial charge in [0.2, 0.25) is 0 Å². The molecule has 0 aromatic heterocycles. The van der Waals surface area contributed by atoms with E-state index in [1.165, 1.54) is 12.3 Å². The second-order valence-electron chi connectivity index (χ2n) is 2.66. The Morgan fingerprint density at radius 3 is 2.57 bits per heavy atom. The highest BCUT2D eigenvalue weighted by atomic mass is 16.3. The number of aliphatic hydroxyl groups is 1. The topological polar surface area (TPSA) is 93.3 Å². The monoisotopic (exact) mass is 197 g/mol. The van der Waals surface area contributed by atoms with Crippen molar-refractivity contribution < 1.29 is 20.4 Å². The molecule has 0 saturated carbocycles. The van der Waals surface area contributed by atoms with Crippen LogP contribution < -0.4 is 0 Å². The molecule has 0 heterocycles. The van der Waals surface area contributed by atoms with Gasteiger partial charge in [0.15, 0.2) is 11.5 Å². The van der Waals surface area contributed by atoms with Gasteiger partial charge in [-0.15, -0.1) is 0 Å². The van der Waals surface area contributed by atoms with Gasteiger partial charge >= 0.3 is 0 Å². The Balaban J connectivity index is 2.96. The van der Waals surface area contributed by atoms with Crippen LogP contribution in [0.3, 0.4) is 0 Å². The van der Waals surface area contributed by atoms with E-state index in [9.17, 15) is 5.11 Å². The summed E-state index contributed by atoms with van der Waals surface area (Å²) in [6.07, 6.45) is 1.27. The van der Waals surface area contributed by atoms with Crippen LogP contribution in [0.25, 0.3) is 0 Å². The summed E-state index contributed by atoms with van der Waals surface area (Å²) < 4.78 is 0. The van der Waals surface area contributed by atoms with E-state index >= 15 is 0 Å². The van der Waals surface area contributed by atoms with Crippen LogP contribution in [-0.4, -0.2) is 39.8 Å². The fourth-order valence-electron chi connectivity index (χ4n) is 0.945. The van der Waals surface area contributed by atoms with Crippen LogP contribution in [0.5, 0.6) is 17.2 Å². The van der Waals surface area contributed by atoms with Gasteiger partial charge in [-0.25, -0.2) is 0 Å². The minimum absolute atomic E-state index is 0.0952. The van der Waals surface area contributed by atoms with E-state index < -0.39 is 5.75 Å². The van der Waals surface area contributed by atoms with E-state index in [2.05, 4.69) is 4.99 Å².